The number of ether oxygens (including phenoxy) is 1. The van der Waals surface area contributed by atoms with Crippen molar-refractivity contribution in [3.05, 3.63) is 53.6 Å². The molecule has 0 aliphatic rings. The number of para-hydroxylation sites is 1. The van der Waals surface area contributed by atoms with Crippen LogP contribution in [0.4, 0.5) is 11.4 Å². The molecule has 0 unspecified atom stereocenters. The Morgan fingerprint density at radius 3 is 2.76 bits per heavy atom. The number of phenolic OH excluding ortho intramolecular Hbond substituents is 1. The lowest BCUT2D eigenvalue weighted by atomic mass is 10.1. The maximum Gasteiger partial charge on any atom is 0.255 e. The maximum absolute atomic E-state index is 12.2. The minimum absolute atomic E-state index is 0.102. The lowest BCUT2D eigenvalue weighted by molar-refractivity contribution is 0.102. The van der Waals surface area contributed by atoms with Crippen molar-refractivity contribution >= 4 is 17.3 Å². The van der Waals surface area contributed by atoms with Gasteiger partial charge in [-0.25, -0.2) is 0 Å². The first-order chi connectivity index (χ1) is 10.1. The van der Waals surface area contributed by atoms with Crippen molar-refractivity contribution < 1.29 is 14.6 Å². The van der Waals surface area contributed by atoms with E-state index in [0.717, 1.165) is 11.3 Å². The SMILES string of the molecule is COCCc1ccccc1NC(=O)c1ccc(N)c(O)c1. The highest BCUT2D eigenvalue weighted by Crippen LogP contribution is 2.22. The first-order valence-electron chi connectivity index (χ1n) is 6.58. The molecule has 5 heteroatoms. The van der Waals surface area contributed by atoms with E-state index in [2.05, 4.69) is 5.32 Å². The molecule has 0 aliphatic carbocycles. The average molecular weight is 286 g/mol. The molecule has 0 bridgehead atoms. The molecular formula is C16H18N2O3. The summed E-state index contributed by atoms with van der Waals surface area (Å²) in [6, 6.07) is 12.0. The number of nitrogen functional groups attached to an aromatic ring is 1. The number of phenols is 1. The van der Waals surface area contributed by atoms with E-state index < -0.39 is 0 Å². The molecule has 0 spiro atoms. The van der Waals surface area contributed by atoms with Crippen LogP contribution >= 0.6 is 0 Å². The molecule has 0 saturated carbocycles. The molecule has 4 N–H and O–H groups in total. The molecule has 1 amide bonds. The largest absolute Gasteiger partial charge is 0.506 e. The number of nitrogens with one attached hydrogen (secondary N) is 1. The van der Waals surface area contributed by atoms with Crippen molar-refractivity contribution in [1.82, 2.24) is 0 Å². The lowest BCUT2D eigenvalue weighted by Gasteiger charge is -2.11. The minimum atomic E-state index is -0.296. The number of amides is 1. The van der Waals surface area contributed by atoms with Crippen molar-refractivity contribution in [2.45, 2.75) is 6.42 Å². The normalized spacial score (nSPS) is 10.3. The second kappa shape index (κ2) is 6.76. The first-order valence-corrected chi connectivity index (χ1v) is 6.58. The fraction of sp³-hybridized carbons (Fsp3) is 0.188. The Morgan fingerprint density at radius 1 is 1.29 bits per heavy atom. The summed E-state index contributed by atoms with van der Waals surface area (Å²) in [6.07, 6.45) is 0.708. The van der Waals surface area contributed by atoms with Gasteiger partial charge < -0.3 is 20.9 Å². The molecular weight excluding hydrogens is 268 g/mol. The number of methoxy groups -OCH3 is 1. The van der Waals surface area contributed by atoms with E-state index in [9.17, 15) is 9.90 Å². The Kier molecular flexibility index (Phi) is 4.79. The predicted molar refractivity (Wildman–Crippen MR) is 82.5 cm³/mol. The highest BCUT2D eigenvalue weighted by atomic mass is 16.5. The van der Waals surface area contributed by atoms with Crippen molar-refractivity contribution in [2.75, 3.05) is 24.8 Å². The van der Waals surface area contributed by atoms with Crippen LogP contribution in [0.15, 0.2) is 42.5 Å². The van der Waals surface area contributed by atoms with Crippen LogP contribution in [0.3, 0.4) is 0 Å². The molecule has 2 aromatic carbocycles. The van der Waals surface area contributed by atoms with Crippen LogP contribution in [-0.4, -0.2) is 24.7 Å². The van der Waals surface area contributed by atoms with Gasteiger partial charge in [0.05, 0.1) is 12.3 Å². The Balaban J connectivity index is 2.17. The molecule has 0 atom stereocenters. The van der Waals surface area contributed by atoms with Gasteiger partial charge in [-0.2, -0.15) is 0 Å². The first kappa shape index (κ1) is 14.9. The number of hydrogen-bond donors (Lipinski definition) is 3. The second-order valence-electron chi connectivity index (χ2n) is 4.63. The van der Waals surface area contributed by atoms with Crippen LogP contribution in [0.25, 0.3) is 0 Å². The van der Waals surface area contributed by atoms with E-state index >= 15 is 0 Å². The van der Waals surface area contributed by atoms with E-state index in [1.165, 1.54) is 12.1 Å². The molecule has 21 heavy (non-hydrogen) atoms. The topological polar surface area (TPSA) is 84.6 Å². The van der Waals surface area contributed by atoms with Crippen molar-refractivity contribution in [1.29, 1.82) is 0 Å². The third-order valence-electron chi connectivity index (χ3n) is 3.13. The van der Waals surface area contributed by atoms with Crippen molar-refractivity contribution in [2.24, 2.45) is 0 Å². The number of aromatic hydroxyl groups is 1. The molecule has 2 rings (SSSR count). The summed E-state index contributed by atoms with van der Waals surface area (Å²) in [4.78, 5) is 12.2. The number of nitrogens with two attached hydrogens (primary N) is 1. The fourth-order valence-corrected chi connectivity index (χ4v) is 1.95. The monoisotopic (exact) mass is 286 g/mol. The molecule has 110 valence electrons. The standard InChI is InChI=1S/C16H18N2O3/c1-21-9-8-11-4-2-3-5-14(11)18-16(20)12-6-7-13(17)15(19)10-12/h2-7,10,19H,8-9,17H2,1H3,(H,18,20). The number of rotatable bonds is 5. The Morgan fingerprint density at radius 2 is 2.05 bits per heavy atom. The van der Waals surface area contributed by atoms with Gasteiger partial charge in [0.2, 0.25) is 0 Å². The number of hydrogen-bond acceptors (Lipinski definition) is 4. The molecule has 0 aliphatic heterocycles. The van der Waals surface area contributed by atoms with Gasteiger partial charge in [-0.1, -0.05) is 18.2 Å². The number of benzene rings is 2. The van der Waals surface area contributed by atoms with Gasteiger partial charge in [0.15, 0.2) is 0 Å². The van der Waals surface area contributed by atoms with E-state index in [1.54, 1.807) is 13.2 Å². The number of anilines is 2. The third-order valence-corrected chi connectivity index (χ3v) is 3.13. The van der Waals surface area contributed by atoms with Gasteiger partial charge in [0, 0.05) is 18.4 Å². The van der Waals surface area contributed by atoms with Gasteiger partial charge in [0.25, 0.3) is 5.91 Å². The zero-order chi connectivity index (χ0) is 15.2. The lowest BCUT2D eigenvalue weighted by Crippen LogP contribution is -2.13. The van der Waals surface area contributed by atoms with Crippen LogP contribution in [0.2, 0.25) is 0 Å². The summed E-state index contributed by atoms with van der Waals surface area (Å²) in [7, 11) is 1.64. The van der Waals surface area contributed by atoms with Gasteiger partial charge in [0.1, 0.15) is 5.75 Å². The van der Waals surface area contributed by atoms with Crippen LogP contribution < -0.4 is 11.1 Å². The van der Waals surface area contributed by atoms with E-state index in [0.29, 0.717) is 18.6 Å². The second-order valence-corrected chi connectivity index (χ2v) is 4.63. The predicted octanol–water partition coefficient (Wildman–Crippen LogP) is 2.42. The molecule has 0 fully saturated rings. The maximum atomic E-state index is 12.2. The molecule has 0 saturated heterocycles. The molecule has 2 aromatic rings. The summed E-state index contributed by atoms with van der Waals surface area (Å²) < 4.78 is 5.06. The van der Waals surface area contributed by atoms with Gasteiger partial charge in [-0.3, -0.25) is 4.79 Å². The smallest absolute Gasteiger partial charge is 0.255 e. The molecule has 0 aromatic heterocycles. The highest BCUT2D eigenvalue weighted by Gasteiger charge is 2.10. The number of carbonyl (C=O) groups is 1. The zero-order valence-electron chi connectivity index (χ0n) is 11.8. The molecule has 5 nitrogen and oxygen atoms in total. The van der Waals surface area contributed by atoms with Crippen LogP contribution in [0.1, 0.15) is 15.9 Å². The van der Waals surface area contributed by atoms with Crippen molar-refractivity contribution in [3.8, 4) is 5.75 Å². The van der Waals surface area contributed by atoms with Crippen LogP contribution in [0.5, 0.6) is 5.75 Å². The summed E-state index contributed by atoms with van der Waals surface area (Å²) in [5.41, 5.74) is 7.84. The van der Waals surface area contributed by atoms with E-state index in [4.69, 9.17) is 10.5 Å². The van der Waals surface area contributed by atoms with Crippen LogP contribution in [-0.2, 0) is 11.2 Å². The summed E-state index contributed by atoms with van der Waals surface area (Å²) in [5.74, 6) is -0.398. The Labute approximate surface area is 123 Å². The van der Waals surface area contributed by atoms with Gasteiger partial charge >= 0.3 is 0 Å². The fourth-order valence-electron chi connectivity index (χ4n) is 1.95. The summed E-state index contributed by atoms with van der Waals surface area (Å²) in [6.45, 7) is 0.579. The summed E-state index contributed by atoms with van der Waals surface area (Å²) in [5, 5.41) is 12.4. The Hall–Kier alpha value is -2.53. The minimum Gasteiger partial charge on any atom is -0.506 e. The highest BCUT2D eigenvalue weighted by molar-refractivity contribution is 6.05. The summed E-state index contributed by atoms with van der Waals surface area (Å²) >= 11 is 0. The Bertz CT molecular complexity index is 641. The molecule has 0 radical (unpaired) electrons. The van der Waals surface area contributed by atoms with Gasteiger partial charge in [-0.15, -0.1) is 0 Å². The van der Waals surface area contributed by atoms with Crippen LogP contribution in [0, 0.1) is 0 Å². The van der Waals surface area contributed by atoms with Gasteiger partial charge in [-0.05, 0) is 36.2 Å². The van der Waals surface area contributed by atoms with E-state index in [-0.39, 0.29) is 17.3 Å². The van der Waals surface area contributed by atoms with E-state index in [1.807, 2.05) is 24.3 Å². The molecule has 0 heterocycles. The average Bonchev–Trinajstić information content (AvgIpc) is 2.49. The zero-order valence-corrected chi connectivity index (χ0v) is 11.8. The van der Waals surface area contributed by atoms with Crippen molar-refractivity contribution in [3.63, 3.8) is 0 Å². The number of carbonyl (C=O) groups excluding carboxylic acids is 1. The quantitative estimate of drug-likeness (QED) is 0.582. The third kappa shape index (κ3) is 3.73.